The minimum Gasteiger partial charge on any atom is -0.453 e. The summed E-state index contributed by atoms with van der Waals surface area (Å²) in [5.41, 5.74) is 3.80. The van der Waals surface area contributed by atoms with Crippen LogP contribution in [0.15, 0.2) is 39.7 Å². The van der Waals surface area contributed by atoms with E-state index in [0.717, 1.165) is 28.5 Å². The molecule has 5 heteroatoms. The van der Waals surface area contributed by atoms with Crippen molar-refractivity contribution < 1.29 is 9.25 Å². The number of benzene rings is 1. The van der Waals surface area contributed by atoms with Gasteiger partial charge >= 0.3 is 0 Å². The van der Waals surface area contributed by atoms with Crippen molar-refractivity contribution in [3.63, 3.8) is 0 Å². The van der Waals surface area contributed by atoms with Crippen molar-refractivity contribution in [2.45, 2.75) is 37.5 Å². The Morgan fingerprint density at radius 2 is 2.25 bits per heavy atom. The van der Waals surface area contributed by atoms with Crippen LogP contribution in [0.3, 0.4) is 0 Å². The molecule has 4 heterocycles. The highest BCUT2D eigenvalue weighted by atomic mass is 16.7. The van der Waals surface area contributed by atoms with Gasteiger partial charge in [0, 0.05) is 23.4 Å². The van der Waals surface area contributed by atoms with Gasteiger partial charge in [-0.2, -0.15) is 0 Å². The Balaban J connectivity index is 1.35. The van der Waals surface area contributed by atoms with Crippen molar-refractivity contribution in [1.82, 2.24) is 10.4 Å². The van der Waals surface area contributed by atoms with E-state index in [-0.39, 0.29) is 0 Å². The minimum atomic E-state index is -0.492. The van der Waals surface area contributed by atoms with E-state index in [4.69, 9.17) is 14.2 Å². The van der Waals surface area contributed by atoms with Gasteiger partial charge in [-0.3, -0.25) is 4.90 Å². The first-order chi connectivity index (χ1) is 11.7. The van der Waals surface area contributed by atoms with E-state index in [9.17, 15) is 0 Å². The number of nitrogens with zero attached hydrogens (tertiary/aromatic N) is 2. The molecule has 5 nitrogen and oxygen atoms in total. The lowest BCUT2D eigenvalue weighted by Gasteiger charge is -2.69. The minimum absolute atomic E-state index is 0.364. The number of amidine groups is 1. The average molecular weight is 323 g/mol. The monoisotopic (exact) mass is 323 g/mol. The molecular formula is C19H21N3O2. The Morgan fingerprint density at radius 3 is 3.08 bits per heavy atom. The zero-order valence-corrected chi connectivity index (χ0v) is 13.8. The predicted molar refractivity (Wildman–Crippen MR) is 90.5 cm³/mol. The van der Waals surface area contributed by atoms with Crippen molar-refractivity contribution in [3.05, 3.63) is 36.1 Å². The zero-order chi connectivity index (χ0) is 15.9. The third kappa shape index (κ3) is 1.46. The second-order valence-electron chi connectivity index (χ2n) is 7.89. The second kappa shape index (κ2) is 4.21. The van der Waals surface area contributed by atoms with Crippen LogP contribution in [0.4, 0.5) is 0 Å². The van der Waals surface area contributed by atoms with Crippen LogP contribution in [-0.2, 0) is 4.84 Å². The molecule has 3 aliphatic heterocycles. The number of hydroxylamine groups is 1. The SMILES string of the molecule is CC1(C2CC3CN4CCCC324)N=C(c2cc3ccccc3o2)NO1. The summed E-state index contributed by atoms with van der Waals surface area (Å²) in [7, 11) is 0. The fourth-order valence-electron chi connectivity index (χ4n) is 5.70. The lowest BCUT2D eigenvalue weighted by molar-refractivity contribution is -0.246. The average Bonchev–Trinajstić information content (AvgIpc) is 3.27. The van der Waals surface area contributed by atoms with Crippen LogP contribution < -0.4 is 5.48 Å². The summed E-state index contributed by atoms with van der Waals surface area (Å²) in [6.45, 7) is 4.65. The van der Waals surface area contributed by atoms with Gasteiger partial charge in [-0.05, 0) is 50.8 Å². The van der Waals surface area contributed by atoms with Gasteiger partial charge in [0.1, 0.15) is 5.58 Å². The molecule has 1 aromatic heterocycles. The molecule has 0 radical (unpaired) electrons. The van der Waals surface area contributed by atoms with Crippen molar-refractivity contribution in [1.29, 1.82) is 0 Å². The maximum Gasteiger partial charge on any atom is 0.191 e. The Kier molecular flexibility index (Phi) is 2.36. The van der Waals surface area contributed by atoms with E-state index in [0.29, 0.717) is 11.5 Å². The van der Waals surface area contributed by atoms with Crippen LogP contribution in [0.5, 0.6) is 0 Å². The molecule has 1 spiro atoms. The van der Waals surface area contributed by atoms with Gasteiger partial charge in [-0.25, -0.2) is 15.3 Å². The number of furan rings is 1. The van der Waals surface area contributed by atoms with Gasteiger partial charge in [-0.15, -0.1) is 0 Å². The largest absolute Gasteiger partial charge is 0.453 e. The number of para-hydroxylation sites is 1. The highest BCUT2D eigenvalue weighted by Crippen LogP contribution is 2.65. The summed E-state index contributed by atoms with van der Waals surface area (Å²) in [4.78, 5) is 13.6. The number of hydrogen-bond acceptors (Lipinski definition) is 5. The third-order valence-corrected chi connectivity index (χ3v) is 6.86. The van der Waals surface area contributed by atoms with Crippen LogP contribution in [0.1, 0.15) is 31.9 Å². The normalized spacial score (nSPS) is 40.5. The van der Waals surface area contributed by atoms with Gasteiger partial charge < -0.3 is 4.42 Å². The molecule has 6 rings (SSSR count). The lowest BCUT2D eigenvalue weighted by Crippen LogP contribution is -2.78. The van der Waals surface area contributed by atoms with Gasteiger partial charge in [0.05, 0.1) is 0 Å². The molecule has 2 saturated heterocycles. The molecule has 1 N–H and O–H groups in total. The Hall–Kier alpha value is -1.85. The number of piperidine rings is 1. The summed E-state index contributed by atoms with van der Waals surface area (Å²) in [6, 6.07) is 10.1. The van der Waals surface area contributed by atoms with Crippen molar-refractivity contribution >= 4 is 16.8 Å². The molecule has 1 saturated carbocycles. The fourth-order valence-corrected chi connectivity index (χ4v) is 5.70. The maximum atomic E-state index is 6.02. The van der Waals surface area contributed by atoms with E-state index in [1.165, 1.54) is 32.4 Å². The summed E-state index contributed by atoms with van der Waals surface area (Å²) in [5.74, 6) is 2.80. The maximum absolute atomic E-state index is 6.02. The molecule has 24 heavy (non-hydrogen) atoms. The van der Waals surface area contributed by atoms with E-state index in [2.05, 4.69) is 23.4 Å². The Bertz CT molecular complexity index is 841. The van der Waals surface area contributed by atoms with E-state index in [1.807, 2.05) is 24.3 Å². The van der Waals surface area contributed by atoms with Crippen LogP contribution in [0, 0.1) is 11.8 Å². The molecule has 0 bridgehead atoms. The van der Waals surface area contributed by atoms with Crippen molar-refractivity contribution in [2.24, 2.45) is 16.8 Å². The molecule has 1 aliphatic carbocycles. The number of fused-ring (bicyclic) bond motifs is 1. The summed E-state index contributed by atoms with van der Waals surface area (Å²) in [6.07, 6.45) is 3.85. The molecule has 4 unspecified atom stereocenters. The van der Waals surface area contributed by atoms with Crippen molar-refractivity contribution in [3.8, 4) is 0 Å². The number of nitrogens with one attached hydrogen (secondary N) is 1. The predicted octanol–water partition coefficient (Wildman–Crippen LogP) is 2.91. The zero-order valence-electron chi connectivity index (χ0n) is 13.8. The second-order valence-corrected chi connectivity index (χ2v) is 7.89. The van der Waals surface area contributed by atoms with E-state index < -0.39 is 5.72 Å². The summed E-state index contributed by atoms with van der Waals surface area (Å²) in [5, 5.41) is 1.09. The number of hydrogen-bond donors (Lipinski definition) is 1. The van der Waals surface area contributed by atoms with Crippen LogP contribution >= 0.6 is 0 Å². The molecule has 3 fully saturated rings. The van der Waals surface area contributed by atoms with Gasteiger partial charge in [-0.1, -0.05) is 18.2 Å². The van der Waals surface area contributed by atoms with Crippen LogP contribution in [0.25, 0.3) is 11.0 Å². The van der Waals surface area contributed by atoms with Crippen molar-refractivity contribution in [2.75, 3.05) is 13.1 Å². The first-order valence-corrected chi connectivity index (χ1v) is 8.97. The van der Waals surface area contributed by atoms with Crippen LogP contribution in [-0.4, -0.2) is 35.1 Å². The third-order valence-electron chi connectivity index (χ3n) is 6.86. The highest BCUT2D eigenvalue weighted by molar-refractivity contribution is 6.00. The first kappa shape index (κ1) is 13.4. The Morgan fingerprint density at radius 1 is 1.33 bits per heavy atom. The van der Waals surface area contributed by atoms with Gasteiger partial charge in [0.2, 0.25) is 0 Å². The lowest BCUT2D eigenvalue weighted by atomic mass is 9.49. The molecule has 1 aromatic carbocycles. The Labute approximate surface area is 140 Å². The molecule has 2 aromatic rings. The molecule has 4 atom stereocenters. The number of aliphatic imine (C=N–C) groups is 1. The molecular weight excluding hydrogens is 302 g/mol. The fraction of sp³-hybridized carbons (Fsp3) is 0.526. The molecule has 4 aliphatic rings. The van der Waals surface area contributed by atoms with Crippen LogP contribution in [0.2, 0.25) is 0 Å². The number of rotatable bonds is 2. The van der Waals surface area contributed by atoms with E-state index >= 15 is 0 Å². The molecule has 0 amide bonds. The smallest absolute Gasteiger partial charge is 0.191 e. The summed E-state index contributed by atoms with van der Waals surface area (Å²) < 4.78 is 5.94. The van der Waals surface area contributed by atoms with Gasteiger partial charge in [0.25, 0.3) is 0 Å². The highest BCUT2D eigenvalue weighted by Gasteiger charge is 2.72. The molecule has 124 valence electrons. The standard InChI is InChI=1S/C19H21N3O2/c1-18(16-10-13-11-22-8-4-7-19(13,16)22)20-17(21-24-18)15-9-12-5-2-3-6-14(12)23-15/h2-3,5-6,9,13,16H,4,7-8,10-11H2,1H3,(H,20,21). The summed E-state index contributed by atoms with van der Waals surface area (Å²) >= 11 is 0. The van der Waals surface area contributed by atoms with Gasteiger partial charge in [0.15, 0.2) is 17.3 Å². The first-order valence-electron chi connectivity index (χ1n) is 8.97. The quantitative estimate of drug-likeness (QED) is 0.923. The van der Waals surface area contributed by atoms with E-state index in [1.54, 1.807) is 0 Å². The topological polar surface area (TPSA) is 50.0 Å².